The van der Waals surface area contributed by atoms with Gasteiger partial charge >= 0.3 is 0 Å². The molecule has 6 N–H and O–H groups in total. The fourth-order valence-electron chi connectivity index (χ4n) is 2.95. The van der Waals surface area contributed by atoms with Gasteiger partial charge < -0.3 is 36.5 Å². The third-order valence-corrected chi connectivity index (χ3v) is 4.88. The van der Waals surface area contributed by atoms with E-state index in [9.17, 15) is 4.79 Å². The molecule has 0 aliphatic heterocycles. The lowest BCUT2D eigenvalue weighted by Gasteiger charge is -2.12. The molecule has 198 valence electrons. The van der Waals surface area contributed by atoms with Gasteiger partial charge in [-0.2, -0.15) is 15.0 Å². The molecule has 0 fully saturated rings. The fourth-order valence-corrected chi connectivity index (χ4v) is 2.95. The summed E-state index contributed by atoms with van der Waals surface area (Å²) >= 11 is 0. The maximum absolute atomic E-state index is 12.3. The number of hydrogen-bond acceptors (Lipinski definition) is 10. The van der Waals surface area contributed by atoms with Crippen LogP contribution in [0.5, 0.6) is 0 Å². The molecule has 0 saturated carbocycles. The van der Waals surface area contributed by atoms with E-state index in [4.69, 9.17) is 15.2 Å². The zero-order valence-corrected chi connectivity index (χ0v) is 21.4. The van der Waals surface area contributed by atoms with E-state index in [1.807, 2.05) is 12.1 Å². The maximum atomic E-state index is 12.3. The second-order valence-electron chi connectivity index (χ2n) is 8.40. The molecule has 0 radical (unpaired) electrons. The summed E-state index contributed by atoms with van der Waals surface area (Å²) in [6, 6.07) is 7.37. The number of carbonyl (C=O) groups excluding carboxylic acids is 1. The summed E-state index contributed by atoms with van der Waals surface area (Å²) in [7, 11) is 0. The Morgan fingerprint density at radius 2 is 1.58 bits per heavy atom. The summed E-state index contributed by atoms with van der Waals surface area (Å²) in [5.74, 6) is 1.88. The van der Waals surface area contributed by atoms with Gasteiger partial charge in [0, 0.05) is 38.3 Å². The van der Waals surface area contributed by atoms with Gasteiger partial charge in [-0.1, -0.05) is 32.1 Å². The third kappa shape index (κ3) is 11.9. The first-order valence-corrected chi connectivity index (χ1v) is 12.3. The topological polar surface area (TPSA) is 148 Å². The van der Waals surface area contributed by atoms with Crippen LogP contribution in [0.4, 0.5) is 17.8 Å². The largest absolute Gasteiger partial charge is 0.378 e. The summed E-state index contributed by atoms with van der Waals surface area (Å²) in [4.78, 5) is 25.6. The lowest BCUT2D eigenvalue weighted by molar-refractivity contribution is 0.0511. The van der Waals surface area contributed by atoms with Crippen molar-refractivity contribution in [2.75, 3.05) is 68.6 Å². The van der Waals surface area contributed by atoms with E-state index < -0.39 is 0 Å². The van der Waals surface area contributed by atoms with Crippen molar-refractivity contribution in [1.82, 2.24) is 20.3 Å². The van der Waals surface area contributed by atoms with E-state index in [1.54, 1.807) is 18.2 Å². The summed E-state index contributed by atoms with van der Waals surface area (Å²) < 4.78 is 10.6. The second kappa shape index (κ2) is 17.2. The maximum Gasteiger partial charge on any atom is 0.251 e. The van der Waals surface area contributed by atoms with Crippen molar-refractivity contribution >= 4 is 23.8 Å². The van der Waals surface area contributed by atoms with Crippen LogP contribution in [0.2, 0.25) is 0 Å². The van der Waals surface area contributed by atoms with Crippen molar-refractivity contribution in [2.24, 2.45) is 11.7 Å². The Morgan fingerprint density at radius 1 is 0.944 bits per heavy atom. The van der Waals surface area contributed by atoms with Crippen molar-refractivity contribution in [3.05, 3.63) is 48.0 Å². The number of carbonyl (C=O) groups is 1. The van der Waals surface area contributed by atoms with Crippen molar-refractivity contribution in [2.45, 2.75) is 26.8 Å². The first-order chi connectivity index (χ1) is 17.5. The molecule has 36 heavy (non-hydrogen) atoms. The Bertz CT molecular complexity index is 909. The third-order valence-electron chi connectivity index (χ3n) is 4.88. The van der Waals surface area contributed by atoms with E-state index in [-0.39, 0.29) is 5.91 Å². The zero-order valence-electron chi connectivity index (χ0n) is 21.4. The number of nitrogens with one attached hydrogen (secondary N) is 4. The highest BCUT2D eigenvalue weighted by molar-refractivity contribution is 5.94. The average Bonchev–Trinajstić information content (AvgIpc) is 2.87. The van der Waals surface area contributed by atoms with Crippen molar-refractivity contribution < 1.29 is 14.3 Å². The smallest absolute Gasteiger partial charge is 0.251 e. The Kier molecular flexibility index (Phi) is 13.8. The Balaban J connectivity index is 1.82. The highest BCUT2D eigenvalue weighted by atomic mass is 16.5. The van der Waals surface area contributed by atoms with E-state index >= 15 is 0 Å². The van der Waals surface area contributed by atoms with Crippen LogP contribution >= 0.6 is 0 Å². The molecular weight excluding hydrogens is 460 g/mol. The molecule has 1 aromatic carbocycles. The molecule has 1 heterocycles. The van der Waals surface area contributed by atoms with Crippen molar-refractivity contribution in [1.29, 1.82) is 0 Å². The van der Waals surface area contributed by atoms with Gasteiger partial charge in [0.05, 0.1) is 26.4 Å². The molecule has 0 unspecified atom stereocenters. The van der Waals surface area contributed by atoms with Crippen LogP contribution in [0.1, 0.15) is 36.2 Å². The number of anilines is 3. The van der Waals surface area contributed by atoms with Crippen LogP contribution in [0.25, 0.3) is 0 Å². The van der Waals surface area contributed by atoms with Gasteiger partial charge in [-0.25, -0.2) is 0 Å². The molecule has 1 aromatic heterocycles. The van der Waals surface area contributed by atoms with Crippen LogP contribution in [-0.4, -0.2) is 73.5 Å². The molecule has 1 amide bonds. The average molecular weight is 501 g/mol. The van der Waals surface area contributed by atoms with Gasteiger partial charge in [0.1, 0.15) is 0 Å². The predicted octanol–water partition coefficient (Wildman–Crippen LogP) is 2.26. The summed E-state index contributed by atoms with van der Waals surface area (Å²) in [6.07, 6.45) is 2.76. The normalized spacial score (nSPS) is 10.8. The molecule has 0 atom stereocenters. The van der Waals surface area contributed by atoms with Crippen molar-refractivity contribution in [3.8, 4) is 0 Å². The molecule has 2 rings (SSSR count). The Morgan fingerprint density at radius 3 is 2.22 bits per heavy atom. The minimum Gasteiger partial charge on any atom is -0.378 e. The lowest BCUT2D eigenvalue weighted by Crippen LogP contribution is -2.27. The van der Waals surface area contributed by atoms with Gasteiger partial charge in [0.25, 0.3) is 5.91 Å². The SMILES string of the molecule is C=CCNc1nc(NCCC(C)C)nc(NCc2ccc(C(=O)NCCOCCOCCN)cc2)n1. The highest BCUT2D eigenvalue weighted by Crippen LogP contribution is 2.12. The fraction of sp³-hybridized carbons (Fsp3) is 0.520. The minimum absolute atomic E-state index is 0.148. The van der Waals surface area contributed by atoms with Gasteiger partial charge in [-0.3, -0.25) is 4.79 Å². The zero-order chi connectivity index (χ0) is 26.0. The summed E-state index contributed by atoms with van der Waals surface area (Å²) in [5, 5.41) is 12.4. The monoisotopic (exact) mass is 500 g/mol. The molecule has 11 nitrogen and oxygen atoms in total. The van der Waals surface area contributed by atoms with Gasteiger partial charge in [-0.15, -0.1) is 6.58 Å². The number of nitrogens with two attached hydrogens (primary N) is 1. The number of benzene rings is 1. The second-order valence-corrected chi connectivity index (χ2v) is 8.40. The van der Waals surface area contributed by atoms with Crippen LogP contribution in [-0.2, 0) is 16.0 Å². The Labute approximate surface area is 213 Å². The van der Waals surface area contributed by atoms with E-state index in [1.165, 1.54) is 0 Å². The molecule has 0 bridgehead atoms. The van der Waals surface area contributed by atoms with Crippen LogP contribution < -0.4 is 27.0 Å². The number of nitrogens with zero attached hydrogens (tertiary/aromatic N) is 3. The van der Waals surface area contributed by atoms with E-state index in [0.717, 1.165) is 18.5 Å². The first-order valence-electron chi connectivity index (χ1n) is 12.3. The number of rotatable bonds is 19. The minimum atomic E-state index is -0.148. The molecule has 0 spiro atoms. The number of hydrogen-bond donors (Lipinski definition) is 5. The predicted molar refractivity (Wildman–Crippen MR) is 143 cm³/mol. The molecule has 11 heteroatoms. The summed E-state index contributed by atoms with van der Waals surface area (Å²) in [6.45, 7) is 12.7. The quantitative estimate of drug-likeness (QED) is 0.144. The molecule has 0 saturated heterocycles. The van der Waals surface area contributed by atoms with E-state index in [0.29, 0.717) is 81.9 Å². The van der Waals surface area contributed by atoms with E-state index in [2.05, 4.69) is 56.6 Å². The summed E-state index contributed by atoms with van der Waals surface area (Å²) in [5.41, 5.74) is 6.92. The highest BCUT2D eigenvalue weighted by Gasteiger charge is 2.08. The standard InChI is InChI=1S/C25H40N8O3/c1-4-11-28-23-31-24(29-12-9-19(2)3)33-25(32-23)30-18-20-5-7-21(8-6-20)22(34)27-13-15-36-17-16-35-14-10-26/h4-8,19H,1,9-18,26H2,2-3H3,(H,27,34)(H3,28,29,30,31,32,33). The van der Waals surface area contributed by atoms with Crippen LogP contribution in [0.15, 0.2) is 36.9 Å². The lowest BCUT2D eigenvalue weighted by atomic mass is 10.1. The van der Waals surface area contributed by atoms with Crippen molar-refractivity contribution in [3.63, 3.8) is 0 Å². The molecule has 0 aliphatic rings. The Hall–Kier alpha value is -3.28. The van der Waals surface area contributed by atoms with Gasteiger partial charge in [0.15, 0.2) is 0 Å². The number of aromatic nitrogens is 3. The molecule has 0 aliphatic carbocycles. The molecular formula is C25H40N8O3. The number of amides is 1. The number of ether oxygens (including phenoxy) is 2. The van der Waals surface area contributed by atoms with Crippen LogP contribution in [0, 0.1) is 5.92 Å². The van der Waals surface area contributed by atoms with Crippen LogP contribution in [0.3, 0.4) is 0 Å². The van der Waals surface area contributed by atoms with Gasteiger partial charge in [0.2, 0.25) is 17.8 Å². The molecule has 2 aromatic rings. The van der Waals surface area contributed by atoms with Gasteiger partial charge in [-0.05, 0) is 30.0 Å². The first kappa shape index (κ1) is 29.0.